The molecular formula is C18H21N5S2. The van der Waals surface area contributed by atoms with Crippen molar-refractivity contribution in [3.05, 3.63) is 53.7 Å². The fraction of sp³-hybridized carbons (Fsp3) is 0.278. The van der Waals surface area contributed by atoms with Crippen LogP contribution in [0.15, 0.2) is 57.4 Å². The fourth-order valence-corrected chi connectivity index (χ4v) is 4.08. The van der Waals surface area contributed by atoms with Gasteiger partial charge in [0.2, 0.25) is 0 Å². The monoisotopic (exact) mass is 371 g/mol. The van der Waals surface area contributed by atoms with Crippen molar-refractivity contribution in [2.45, 2.75) is 17.3 Å². The van der Waals surface area contributed by atoms with Crippen LogP contribution in [0.3, 0.4) is 0 Å². The zero-order valence-electron chi connectivity index (χ0n) is 14.1. The first-order chi connectivity index (χ1) is 12.4. The molecule has 0 aliphatic rings. The first-order valence-electron chi connectivity index (χ1n) is 8.16. The largest absolute Gasteiger partial charge is 0.356 e. The van der Waals surface area contributed by atoms with Crippen LogP contribution in [0.1, 0.15) is 12.0 Å². The molecule has 0 spiro atoms. The van der Waals surface area contributed by atoms with Gasteiger partial charge >= 0.3 is 0 Å². The van der Waals surface area contributed by atoms with Crippen LogP contribution in [0.5, 0.6) is 0 Å². The Labute approximate surface area is 156 Å². The second-order valence-electron chi connectivity index (χ2n) is 5.34. The topological polar surface area (TPSA) is 62.2 Å². The number of nitrogens with zero attached hydrogens (tertiary/aromatic N) is 3. The van der Waals surface area contributed by atoms with Gasteiger partial charge in [-0.1, -0.05) is 30.0 Å². The highest BCUT2D eigenvalue weighted by Gasteiger charge is 2.03. The van der Waals surface area contributed by atoms with Crippen molar-refractivity contribution in [1.29, 1.82) is 0 Å². The molecule has 0 amide bonds. The molecule has 0 aliphatic carbocycles. The van der Waals surface area contributed by atoms with E-state index in [-0.39, 0.29) is 0 Å². The highest BCUT2D eigenvalue weighted by atomic mass is 32.2. The number of hydrogen-bond acceptors (Lipinski definition) is 5. The summed E-state index contributed by atoms with van der Waals surface area (Å²) in [5.74, 6) is 1.87. The molecule has 0 bridgehead atoms. The third kappa shape index (κ3) is 5.17. The Kier molecular flexibility index (Phi) is 6.64. The van der Waals surface area contributed by atoms with E-state index in [0.29, 0.717) is 0 Å². The Morgan fingerprint density at radius 2 is 2.08 bits per heavy atom. The SMILES string of the molecule is CN=C(NCCCSc1nccs1)NCc1ccnc2ccccc12. The van der Waals surface area contributed by atoms with Gasteiger partial charge in [-0.15, -0.1) is 11.3 Å². The lowest BCUT2D eigenvalue weighted by Gasteiger charge is -2.12. The minimum atomic E-state index is 0.719. The van der Waals surface area contributed by atoms with E-state index >= 15 is 0 Å². The summed E-state index contributed by atoms with van der Waals surface area (Å²) in [5.41, 5.74) is 2.23. The summed E-state index contributed by atoms with van der Waals surface area (Å²) in [6.07, 6.45) is 4.76. The Morgan fingerprint density at radius 1 is 1.16 bits per heavy atom. The number of fused-ring (bicyclic) bond motifs is 1. The highest BCUT2D eigenvalue weighted by Crippen LogP contribution is 2.20. The Hall–Kier alpha value is -2.12. The summed E-state index contributed by atoms with van der Waals surface area (Å²) in [7, 11) is 1.80. The second-order valence-corrected chi connectivity index (χ2v) is 7.58. The van der Waals surface area contributed by atoms with Crippen LogP contribution in [0.4, 0.5) is 0 Å². The van der Waals surface area contributed by atoms with Gasteiger partial charge in [0.1, 0.15) is 4.34 Å². The Bertz CT molecular complexity index is 812. The van der Waals surface area contributed by atoms with Gasteiger partial charge in [-0.05, 0) is 24.1 Å². The molecule has 0 unspecified atom stereocenters. The minimum absolute atomic E-state index is 0.719. The summed E-state index contributed by atoms with van der Waals surface area (Å²) in [6, 6.07) is 10.2. The van der Waals surface area contributed by atoms with Gasteiger partial charge in [-0.3, -0.25) is 9.98 Å². The fourth-order valence-electron chi connectivity index (χ4n) is 2.43. The predicted molar refractivity (Wildman–Crippen MR) is 107 cm³/mol. The lowest BCUT2D eigenvalue weighted by Crippen LogP contribution is -2.37. The molecule has 130 valence electrons. The molecule has 0 fully saturated rings. The summed E-state index contributed by atoms with van der Waals surface area (Å²) in [5, 5.41) is 9.92. The van der Waals surface area contributed by atoms with E-state index in [0.717, 1.165) is 41.1 Å². The molecule has 0 atom stereocenters. The molecule has 7 heteroatoms. The highest BCUT2D eigenvalue weighted by molar-refractivity contribution is 8.00. The van der Waals surface area contributed by atoms with Gasteiger partial charge < -0.3 is 10.6 Å². The summed E-state index contributed by atoms with van der Waals surface area (Å²) in [6.45, 7) is 1.60. The van der Waals surface area contributed by atoms with Crippen molar-refractivity contribution < 1.29 is 0 Å². The minimum Gasteiger partial charge on any atom is -0.356 e. The van der Waals surface area contributed by atoms with E-state index in [1.54, 1.807) is 30.1 Å². The van der Waals surface area contributed by atoms with Crippen LogP contribution in [0.25, 0.3) is 10.9 Å². The van der Waals surface area contributed by atoms with Gasteiger partial charge in [-0.2, -0.15) is 0 Å². The third-order valence-corrected chi connectivity index (χ3v) is 5.71. The van der Waals surface area contributed by atoms with Gasteiger partial charge in [-0.25, -0.2) is 4.98 Å². The number of pyridine rings is 1. The van der Waals surface area contributed by atoms with Crippen LogP contribution in [-0.2, 0) is 6.54 Å². The number of hydrogen-bond donors (Lipinski definition) is 2. The van der Waals surface area contributed by atoms with Crippen molar-refractivity contribution in [1.82, 2.24) is 20.6 Å². The summed E-state index contributed by atoms with van der Waals surface area (Å²) >= 11 is 3.49. The molecule has 3 aromatic rings. The molecule has 3 rings (SSSR count). The van der Waals surface area contributed by atoms with Crippen LogP contribution in [0, 0.1) is 0 Å². The first-order valence-corrected chi connectivity index (χ1v) is 10.0. The first kappa shape index (κ1) is 17.7. The standard InChI is InChI=1S/C18H21N5S2/c1-19-17(21-8-4-11-24-18-22-10-12-25-18)23-13-14-7-9-20-16-6-3-2-5-15(14)16/h2-3,5-7,9-10,12H,4,8,11,13H2,1H3,(H2,19,21,23). The average molecular weight is 372 g/mol. The average Bonchev–Trinajstić information content (AvgIpc) is 3.17. The molecule has 5 nitrogen and oxygen atoms in total. The zero-order valence-corrected chi connectivity index (χ0v) is 15.7. The van der Waals surface area contributed by atoms with Crippen molar-refractivity contribution >= 4 is 40.0 Å². The van der Waals surface area contributed by atoms with E-state index < -0.39 is 0 Å². The van der Waals surface area contributed by atoms with Crippen molar-refractivity contribution in [3.8, 4) is 0 Å². The molecule has 25 heavy (non-hydrogen) atoms. The maximum atomic E-state index is 4.40. The number of nitrogens with one attached hydrogen (secondary N) is 2. The Morgan fingerprint density at radius 3 is 2.92 bits per heavy atom. The molecule has 0 saturated carbocycles. The molecule has 2 aromatic heterocycles. The predicted octanol–water partition coefficient (Wildman–Crippen LogP) is 3.54. The maximum absolute atomic E-state index is 4.40. The second kappa shape index (κ2) is 9.39. The smallest absolute Gasteiger partial charge is 0.191 e. The Balaban J connectivity index is 1.44. The number of rotatable bonds is 7. The van der Waals surface area contributed by atoms with Crippen LogP contribution in [0.2, 0.25) is 0 Å². The third-order valence-electron chi connectivity index (χ3n) is 3.66. The molecule has 1 aromatic carbocycles. The number of aromatic nitrogens is 2. The number of aliphatic imine (C=N–C) groups is 1. The van der Waals surface area contributed by atoms with Crippen LogP contribution in [-0.4, -0.2) is 35.3 Å². The van der Waals surface area contributed by atoms with Gasteiger partial charge in [0.25, 0.3) is 0 Å². The lowest BCUT2D eigenvalue weighted by molar-refractivity contribution is 0.787. The molecular weight excluding hydrogens is 350 g/mol. The molecule has 0 aliphatic heterocycles. The van der Waals surface area contributed by atoms with Crippen molar-refractivity contribution in [3.63, 3.8) is 0 Å². The lowest BCUT2D eigenvalue weighted by atomic mass is 10.1. The molecule has 0 radical (unpaired) electrons. The number of thiazole rings is 1. The number of para-hydroxylation sites is 1. The van der Waals surface area contributed by atoms with E-state index in [2.05, 4.69) is 31.7 Å². The van der Waals surface area contributed by atoms with Gasteiger partial charge in [0.15, 0.2) is 5.96 Å². The normalized spacial score (nSPS) is 11.6. The van der Waals surface area contributed by atoms with E-state index in [9.17, 15) is 0 Å². The van der Waals surface area contributed by atoms with Gasteiger partial charge in [0, 0.05) is 49.1 Å². The molecule has 2 N–H and O–H groups in total. The van der Waals surface area contributed by atoms with Crippen molar-refractivity contribution in [2.75, 3.05) is 19.3 Å². The summed E-state index contributed by atoms with van der Waals surface area (Å²) in [4.78, 5) is 13.0. The maximum Gasteiger partial charge on any atom is 0.191 e. The molecule has 0 saturated heterocycles. The van der Waals surface area contributed by atoms with E-state index in [4.69, 9.17) is 0 Å². The van der Waals surface area contributed by atoms with Crippen LogP contribution >= 0.6 is 23.1 Å². The summed E-state index contributed by atoms with van der Waals surface area (Å²) < 4.78 is 1.13. The van der Waals surface area contributed by atoms with Crippen LogP contribution < -0.4 is 10.6 Å². The van der Waals surface area contributed by atoms with E-state index in [1.165, 1.54) is 10.9 Å². The van der Waals surface area contributed by atoms with E-state index in [1.807, 2.05) is 42.0 Å². The zero-order chi connectivity index (χ0) is 17.3. The molecule has 2 heterocycles. The van der Waals surface area contributed by atoms with Crippen molar-refractivity contribution in [2.24, 2.45) is 4.99 Å². The quantitative estimate of drug-likeness (QED) is 0.288. The number of guanidine groups is 1. The number of thioether (sulfide) groups is 1. The van der Waals surface area contributed by atoms with Gasteiger partial charge in [0.05, 0.1) is 5.52 Å². The number of benzene rings is 1.